The minimum Gasteiger partial charge on any atom is -0.299 e. The maximum atomic E-state index is 10.7. The van der Waals surface area contributed by atoms with Crippen LogP contribution in [0.4, 0.5) is 0 Å². The lowest BCUT2D eigenvalue weighted by atomic mass is 10.3. The number of thioether (sulfide) groups is 1. The fourth-order valence-corrected chi connectivity index (χ4v) is 1.81. The molecule has 1 aliphatic rings. The van der Waals surface area contributed by atoms with Crippen molar-refractivity contribution in [2.45, 2.75) is 18.1 Å². The SMILES string of the molecule is C=C1CC(=O)CC1SC. The second kappa shape index (κ2) is 2.56. The van der Waals surface area contributed by atoms with Gasteiger partial charge in [0, 0.05) is 18.1 Å². The molecule has 0 aromatic heterocycles. The minimum atomic E-state index is 0.347. The molecule has 1 aliphatic carbocycles. The summed E-state index contributed by atoms with van der Waals surface area (Å²) in [5.74, 6) is 0.347. The van der Waals surface area contributed by atoms with Crippen LogP contribution >= 0.6 is 11.8 Å². The first kappa shape index (κ1) is 6.87. The molecule has 0 bridgehead atoms. The van der Waals surface area contributed by atoms with Crippen LogP contribution in [-0.4, -0.2) is 17.3 Å². The molecule has 0 radical (unpaired) electrons. The molecule has 1 unspecified atom stereocenters. The number of rotatable bonds is 1. The first-order valence-electron chi connectivity index (χ1n) is 2.96. The van der Waals surface area contributed by atoms with E-state index in [0.29, 0.717) is 23.9 Å². The summed E-state index contributed by atoms with van der Waals surface area (Å²) in [5.41, 5.74) is 1.10. The van der Waals surface area contributed by atoms with Gasteiger partial charge in [0.2, 0.25) is 0 Å². The largest absolute Gasteiger partial charge is 0.299 e. The molecule has 0 spiro atoms. The average Bonchev–Trinajstić information content (AvgIpc) is 2.10. The van der Waals surface area contributed by atoms with Crippen LogP contribution in [0.25, 0.3) is 0 Å². The summed E-state index contributed by atoms with van der Waals surface area (Å²) in [7, 11) is 0. The van der Waals surface area contributed by atoms with E-state index in [1.165, 1.54) is 0 Å². The van der Waals surface area contributed by atoms with Gasteiger partial charge in [-0.3, -0.25) is 4.79 Å². The Balaban J connectivity index is 2.58. The predicted octanol–water partition coefficient (Wildman–Crippen LogP) is 1.64. The third-order valence-electron chi connectivity index (χ3n) is 1.58. The van der Waals surface area contributed by atoms with Crippen LogP contribution in [0.5, 0.6) is 0 Å². The van der Waals surface area contributed by atoms with Crippen LogP contribution in [-0.2, 0) is 4.79 Å². The number of hydrogen-bond acceptors (Lipinski definition) is 2. The molecule has 0 amide bonds. The number of carbonyl (C=O) groups excluding carboxylic acids is 1. The van der Waals surface area contributed by atoms with Gasteiger partial charge in [-0.2, -0.15) is 11.8 Å². The lowest BCUT2D eigenvalue weighted by Crippen LogP contribution is -1.95. The van der Waals surface area contributed by atoms with Crippen molar-refractivity contribution in [1.82, 2.24) is 0 Å². The normalized spacial score (nSPS) is 27.4. The summed E-state index contributed by atoms with van der Waals surface area (Å²) in [6.45, 7) is 3.82. The fourth-order valence-electron chi connectivity index (χ4n) is 1.04. The highest BCUT2D eigenvalue weighted by molar-refractivity contribution is 7.99. The standard InChI is InChI=1S/C7H10OS/c1-5-3-6(8)4-7(5)9-2/h7H,1,3-4H2,2H3. The molecule has 0 aromatic carbocycles. The minimum absolute atomic E-state index is 0.347. The van der Waals surface area contributed by atoms with Gasteiger partial charge in [0.05, 0.1) is 0 Å². The summed E-state index contributed by atoms with van der Waals surface area (Å²) in [6, 6.07) is 0. The Morgan fingerprint density at radius 2 is 2.44 bits per heavy atom. The number of carbonyl (C=O) groups is 1. The number of Topliss-reactive ketones (excluding diaryl/α,β-unsaturated/α-hetero) is 1. The molecule has 1 atom stereocenters. The Morgan fingerprint density at radius 1 is 1.78 bits per heavy atom. The first-order chi connectivity index (χ1) is 4.24. The second-order valence-corrected chi connectivity index (χ2v) is 3.34. The van der Waals surface area contributed by atoms with Gasteiger partial charge in [0.25, 0.3) is 0 Å². The van der Waals surface area contributed by atoms with Crippen molar-refractivity contribution in [3.8, 4) is 0 Å². The van der Waals surface area contributed by atoms with Crippen molar-refractivity contribution in [2.75, 3.05) is 6.26 Å². The summed E-state index contributed by atoms with van der Waals surface area (Å²) in [5, 5.41) is 0.414. The van der Waals surface area contributed by atoms with E-state index in [9.17, 15) is 4.79 Å². The molecule has 0 heterocycles. The summed E-state index contributed by atoms with van der Waals surface area (Å²) < 4.78 is 0. The van der Waals surface area contributed by atoms with E-state index in [1.54, 1.807) is 11.8 Å². The zero-order valence-corrected chi connectivity index (χ0v) is 6.33. The Bertz CT molecular complexity index is 151. The monoisotopic (exact) mass is 142 g/mol. The van der Waals surface area contributed by atoms with Gasteiger partial charge in [-0.25, -0.2) is 0 Å². The van der Waals surface area contributed by atoms with E-state index < -0.39 is 0 Å². The third-order valence-corrected chi connectivity index (χ3v) is 2.65. The molecule has 0 aromatic rings. The maximum Gasteiger partial charge on any atom is 0.138 e. The lowest BCUT2D eigenvalue weighted by Gasteiger charge is -2.02. The highest BCUT2D eigenvalue weighted by atomic mass is 32.2. The van der Waals surface area contributed by atoms with Crippen LogP contribution in [0.3, 0.4) is 0 Å². The van der Waals surface area contributed by atoms with Gasteiger partial charge < -0.3 is 0 Å². The van der Waals surface area contributed by atoms with Gasteiger partial charge >= 0.3 is 0 Å². The molecule has 0 saturated heterocycles. The van der Waals surface area contributed by atoms with Crippen molar-refractivity contribution in [1.29, 1.82) is 0 Å². The number of hydrogen-bond donors (Lipinski definition) is 0. The van der Waals surface area contributed by atoms with E-state index in [-0.39, 0.29) is 0 Å². The van der Waals surface area contributed by atoms with Crippen LogP contribution in [0.15, 0.2) is 12.2 Å². The molecule has 1 nitrogen and oxygen atoms in total. The van der Waals surface area contributed by atoms with E-state index in [0.717, 1.165) is 5.57 Å². The van der Waals surface area contributed by atoms with Gasteiger partial charge in [0.15, 0.2) is 0 Å². The summed E-state index contributed by atoms with van der Waals surface area (Å²) >= 11 is 1.72. The molecule has 9 heavy (non-hydrogen) atoms. The highest BCUT2D eigenvalue weighted by Crippen LogP contribution is 2.29. The second-order valence-electron chi connectivity index (χ2n) is 2.30. The van der Waals surface area contributed by atoms with Crippen LogP contribution in [0, 0.1) is 0 Å². The Morgan fingerprint density at radius 3 is 2.67 bits per heavy atom. The summed E-state index contributed by atoms with van der Waals surface area (Å²) in [4.78, 5) is 10.7. The van der Waals surface area contributed by atoms with Gasteiger partial charge in [0.1, 0.15) is 5.78 Å². The van der Waals surface area contributed by atoms with Gasteiger partial charge in [-0.05, 0) is 6.26 Å². The molecule has 1 fully saturated rings. The Kier molecular flexibility index (Phi) is 1.96. The topological polar surface area (TPSA) is 17.1 Å². The number of ketones is 1. The molecule has 0 N–H and O–H groups in total. The van der Waals surface area contributed by atoms with Crippen LogP contribution in [0.2, 0.25) is 0 Å². The van der Waals surface area contributed by atoms with Gasteiger partial charge in [-0.1, -0.05) is 12.2 Å². The van der Waals surface area contributed by atoms with Gasteiger partial charge in [-0.15, -0.1) is 0 Å². The lowest BCUT2D eigenvalue weighted by molar-refractivity contribution is -0.117. The molecule has 50 valence electrons. The van der Waals surface area contributed by atoms with E-state index in [1.807, 2.05) is 6.26 Å². The Hall–Kier alpha value is -0.240. The first-order valence-corrected chi connectivity index (χ1v) is 4.25. The average molecular weight is 142 g/mol. The van der Waals surface area contributed by atoms with Crippen molar-refractivity contribution < 1.29 is 4.79 Å². The molecule has 0 aliphatic heterocycles. The Labute approximate surface area is 59.5 Å². The van der Waals surface area contributed by atoms with Crippen molar-refractivity contribution in [3.05, 3.63) is 12.2 Å². The van der Waals surface area contributed by atoms with Crippen molar-refractivity contribution in [2.24, 2.45) is 0 Å². The molecule has 1 saturated carbocycles. The molecule has 2 heteroatoms. The van der Waals surface area contributed by atoms with Crippen LogP contribution < -0.4 is 0 Å². The zero-order valence-electron chi connectivity index (χ0n) is 5.52. The predicted molar refractivity (Wildman–Crippen MR) is 40.7 cm³/mol. The molecular formula is C7H10OS. The zero-order chi connectivity index (χ0) is 6.85. The van der Waals surface area contributed by atoms with E-state index >= 15 is 0 Å². The van der Waals surface area contributed by atoms with E-state index in [2.05, 4.69) is 6.58 Å². The van der Waals surface area contributed by atoms with Crippen molar-refractivity contribution in [3.63, 3.8) is 0 Å². The third kappa shape index (κ3) is 1.36. The highest BCUT2D eigenvalue weighted by Gasteiger charge is 2.24. The molecule has 1 rings (SSSR count). The quantitative estimate of drug-likeness (QED) is 0.518. The molecular weight excluding hydrogens is 132 g/mol. The van der Waals surface area contributed by atoms with Crippen molar-refractivity contribution >= 4 is 17.5 Å². The smallest absolute Gasteiger partial charge is 0.138 e. The van der Waals surface area contributed by atoms with E-state index in [4.69, 9.17) is 0 Å². The summed E-state index contributed by atoms with van der Waals surface area (Å²) in [6.07, 6.45) is 3.35. The fraction of sp³-hybridized carbons (Fsp3) is 0.571. The maximum absolute atomic E-state index is 10.7. The van der Waals surface area contributed by atoms with Crippen LogP contribution in [0.1, 0.15) is 12.8 Å².